The number of benzene rings is 1. The van der Waals surface area contributed by atoms with Crippen LogP contribution in [0.25, 0.3) is 10.4 Å². The summed E-state index contributed by atoms with van der Waals surface area (Å²) in [6.07, 6.45) is 0. The van der Waals surface area contributed by atoms with Crippen molar-refractivity contribution in [1.82, 2.24) is 4.90 Å². The van der Waals surface area contributed by atoms with Crippen molar-refractivity contribution in [2.75, 3.05) is 14.1 Å². The van der Waals surface area contributed by atoms with Gasteiger partial charge in [0, 0.05) is 27.4 Å². The Morgan fingerprint density at radius 1 is 1.26 bits per heavy atom. The molecule has 0 amide bonds. The van der Waals surface area contributed by atoms with E-state index in [2.05, 4.69) is 37.2 Å². The predicted molar refractivity (Wildman–Crippen MR) is 84.8 cm³/mol. The molecule has 102 valence electrons. The molecule has 0 saturated heterocycles. The van der Waals surface area contributed by atoms with Crippen LogP contribution in [-0.4, -0.2) is 19.0 Å². The summed E-state index contributed by atoms with van der Waals surface area (Å²) < 4.78 is 0. The number of thiophene rings is 1. The zero-order chi connectivity index (χ0) is 14.0. The lowest BCUT2D eigenvalue weighted by Crippen LogP contribution is -2.11. The minimum absolute atomic E-state index is 0.0789. The maximum Gasteiger partial charge on any atom is 0.0412 e. The van der Waals surface area contributed by atoms with Gasteiger partial charge in [0.2, 0.25) is 0 Å². The van der Waals surface area contributed by atoms with Crippen LogP contribution in [0, 0.1) is 0 Å². The molecular weight excluding hydrogens is 276 g/mol. The lowest BCUT2D eigenvalue weighted by Gasteiger charge is -2.13. The van der Waals surface area contributed by atoms with E-state index >= 15 is 0 Å². The molecule has 0 unspecified atom stereocenters. The first-order valence-electron chi connectivity index (χ1n) is 6.26. The molecule has 0 saturated carbocycles. The number of hydrogen-bond donors (Lipinski definition) is 1. The van der Waals surface area contributed by atoms with Crippen molar-refractivity contribution in [3.63, 3.8) is 0 Å². The van der Waals surface area contributed by atoms with E-state index in [0.717, 1.165) is 11.6 Å². The maximum absolute atomic E-state index is 6.14. The summed E-state index contributed by atoms with van der Waals surface area (Å²) in [5, 5.41) is 0.772. The lowest BCUT2D eigenvalue weighted by molar-refractivity contribution is 0.403. The molecule has 2 nitrogen and oxygen atoms in total. The molecule has 1 aromatic carbocycles. The number of halogens is 1. The van der Waals surface area contributed by atoms with Crippen molar-refractivity contribution >= 4 is 22.9 Å². The highest BCUT2D eigenvalue weighted by molar-refractivity contribution is 7.15. The Balaban J connectivity index is 2.43. The Labute approximate surface area is 123 Å². The second-order valence-corrected chi connectivity index (χ2v) is 6.58. The number of nitrogens with zero attached hydrogens (tertiary/aromatic N) is 1. The van der Waals surface area contributed by atoms with Gasteiger partial charge >= 0.3 is 0 Å². The minimum Gasteiger partial charge on any atom is -0.324 e. The van der Waals surface area contributed by atoms with E-state index in [4.69, 9.17) is 17.3 Å². The summed E-state index contributed by atoms with van der Waals surface area (Å²) in [5.74, 6) is 0. The molecule has 1 aromatic heterocycles. The molecule has 4 heteroatoms. The second kappa shape index (κ2) is 6.06. The monoisotopic (exact) mass is 294 g/mol. The largest absolute Gasteiger partial charge is 0.324 e. The minimum atomic E-state index is 0.0789. The van der Waals surface area contributed by atoms with Crippen molar-refractivity contribution in [3.8, 4) is 10.4 Å². The summed E-state index contributed by atoms with van der Waals surface area (Å²) in [5.41, 5.74) is 8.42. The van der Waals surface area contributed by atoms with Crippen molar-refractivity contribution < 1.29 is 0 Å². The van der Waals surface area contributed by atoms with Gasteiger partial charge in [0.15, 0.2) is 0 Å². The van der Waals surface area contributed by atoms with Crippen LogP contribution in [0.15, 0.2) is 30.3 Å². The van der Waals surface area contributed by atoms with E-state index in [1.807, 2.05) is 19.1 Å². The first-order valence-corrected chi connectivity index (χ1v) is 7.45. The predicted octanol–water partition coefficient (Wildman–Crippen LogP) is 4.15. The first kappa shape index (κ1) is 14.5. The van der Waals surface area contributed by atoms with E-state index in [1.165, 1.54) is 20.9 Å². The highest BCUT2D eigenvalue weighted by Gasteiger charge is 2.11. The van der Waals surface area contributed by atoms with Crippen molar-refractivity contribution in [1.29, 1.82) is 0 Å². The summed E-state index contributed by atoms with van der Waals surface area (Å²) in [6.45, 7) is 2.91. The Hall–Kier alpha value is -0.870. The van der Waals surface area contributed by atoms with Gasteiger partial charge in [-0.05, 0) is 56.4 Å². The van der Waals surface area contributed by atoms with Gasteiger partial charge in [0.05, 0.1) is 0 Å². The van der Waals surface area contributed by atoms with Crippen LogP contribution in [0.2, 0.25) is 5.02 Å². The average molecular weight is 295 g/mol. The summed E-state index contributed by atoms with van der Waals surface area (Å²) in [6, 6.07) is 10.4. The molecule has 0 spiro atoms. The number of hydrogen-bond acceptors (Lipinski definition) is 3. The normalized spacial score (nSPS) is 12.9. The van der Waals surface area contributed by atoms with Crippen LogP contribution in [0.4, 0.5) is 0 Å². The third-order valence-electron chi connectivity index (χ3n) is 2.90. The third kappa shape index (κ3) is 3.57. The first-order chi connectivity index (χ1) is 8.97. The van der Waals surface area contributed by atoms with Gasteiger partial charge in [-0.3, -0.25) is 0 Å². The Morgan fingerprint density at radius 3 is 2.58 bits per heavy atom. The average Bonchev–Trinajstić information content (AvgIpc) is 2.80. The topological polar surface area (TPSA) is 29.3 Å². The standard InChI is InChI=1S/C15H19ClN2S/c1-10(17)14-6-7-15(19-14)13-8-12(16)5-4-11(13)9-18(2)3/h4-8,10H,9,17H2,1-3H3/t10-/m1/s1. The number of rotatable bonds is 4. The van der Waals surface area contributed by atoms with Crippen LogP contribution >= 0.6 is 22.9 Å². The van der Waals surface area contributed by atoms with Gasteiger partial charge in [-0.25, -0.2) is 0 Å². The third-order valence-corrected chi connectivity index (χ3v) is 4.45. The molecule has 1 heterocycles. The van der Waals surface area contributed by atoms with Crippen LogP contribution in [0.3, 0.4) is 0 Å². The highest BCUT2D eigenvalue weighted by Crippen LogP contribution is 2.34. The van der Waals surface area contributed by atoms with E-state index in [0.29, 0.717) is 0 Å². The van der Waals surface area contributed by atoms with Gasteiger partial charge < -0.3 is 10.6 Å². The molecule has 0 bridgehead atoms. The molecule has 0 fully saturated rings. The van der Waals surface area contributed by atoms with Gasteiger partial charge in [-0.15, -0.1) is 11.3 Å². The number of nitrogens with two attached hydrogens (primary N) is 1. The van der Waals surface area contributed by atoms with E-state index in [-0.39, 0.29) is 6.04 Å². The van der Waals surface area contributed by atoms with Crippen LogP contribution < -0.4 is 5.73 Å². The van der Waals surface area contributed by atoms with Crippen LogP contribution in [-0.2, 0) is 6.54 Å². The summed E-state index contributed by atoms with van der Waals surface area (Å²) in [7, 11) is 4.14. The quantitative estimate of drug-likeness (QED) is 0.918. The molecule has 0 aliphatic carbocycles. The fourth-order valence-corrected chi connectivity index (χ4v) is 3.18. The Kier molecular flexibility index (Phi) is 4.63. The van der Waals surface area contributed by atoms with E-state index < -0.39 is 0 Å². The Morgan fingerprint density at radius 2 is 2.00 bits per heavy atom. The zero-order valence-corrected chi connectivity index (χ0v) is 13.1. The molecule has 19 heavy (non-hydrogen) atoms. The molecular formula is C15H19ClN2S. The maximum atomic E-state index is 6.14. The van der Waals surface area contributed by atoms with Gasteiger partial charge in [-0.2, -0.15) is 0 Å². The summed E-state index contributed by atoms with van der Waals surface area (Å²) in [4.78, 5) is 4.59. The molecule has 0 aliphatic heterocycles. The molecule has 0 radical (unpaired) electrons. The molecule has 1 atom stereocenters. The van der Waals surface area contributed by atoms with Crippen molar-refractivity contribution in [3.05, 3.63) is 45.8 Å². The molecule has 2 aromatic rings. The van der Waals surface area contributed by atoms with Gasteiger partial charge in [0.25, 0.3) is 0 Å². The molecule has 2 N–H and O–H groups in total. The fraction of sp³-hybridized carbons (Fsp3) is 0.333. The smallest absolute Gasteiger partial charge is 0.0412 e. The van der Waals surface area contributed by atoms with Crippen LogP contribution in [0.1, 0.15) is 23.4 Å². The van der Waals surface area contributed by atoms with Gasteiger partial charge in [-0.1, -0.05) is 17.7 Å². The second-order valence-electron chi connectivity index (χ2n) is 5.03. The molecule has 0 aliphatic rings. The lowest BCUT2D eigenvalue weighted by atomic mass is 10.1. The highest BCUT2D eigenvalue weighted by atomic mass is 35.5. The van der Waals surface area contributed by atoms with E-state index in [1.54, 1.807) is 11.3 Å². The van der Waals surface area contributed by atoms with Crippen molar-refractivity contribution in [2.45, 2.75) is 19.5 Å². The van der Waals surface area contributed by atoms with Crippen molar-refractivity contribution in [2.24, 2.45) is 5.73 Å². The molecule has 2 rings (SSSR count). The van der Waals surface area contributed by atoms with Gasteiger partial charge in [0.1, 0.15) is 0 Å². The van der Waals surface area contributed by atoms with Crippen LogP contribution in [0.5, 0.6) is 0 Å². The fourth-order valence-electron chi connectivity index (χ4n) is 2.00. The SMILES string of the molecule is C[C@@H](N)c1ccc(-c2cc(Cl)ccc2CN(C)C)s1. The summed E-state index contributed by atoms with van der Waals surface area (Å²) >= 11 is 7.88. The van der Waals surface area contributed by atoms with E-state index in [9.17, 15) is 0 Å². The zero-order valence-electron chi connectivity index (χ0n) is 11.5. The Bertz CT molecular complexity index is 561.